The summed E-state index contributed by atoms with van der Waals surface area (Å²) < 4.78 is 0. The zero-order valence-electron chi connectivity index (χ0n) is 9.21. The first kappa shape index (κ1) is 12.0. The van der Waals surface area contributed by atoms with Gasteiger partial charge in [0, 0.05) is 12.1 Å². The summed E-state index contributed by atoms with van der Waals surface area (Å²) in [6.07, 6.45) is 6.30. The Morgan fingerprint density at radius 3 is 2.50 bits per heavy atom. The first-order valence-corrected chi connectivity index (χ1v) is 5.90. The lowest BCUT2D eigenvalue weighted by Gasteiger charge is -2.30. The van der Waals surface area contributed by atoms with Crippen LogP contribution in [0.15, 0.2) is 0 Å². The van der Waals surface area contributed by atoms with Gasteiger partial charge < -0.3 is 16.2 Å². The van der Waals surface area contributed by atoms with Gasteiger partial charge in [-0.05, 0) is 45.1 Å². The summed E-state index contributed by atoms with van der Waals surface area (Å²) in [5.74, 6) is 0. The van der Waals surface area contributed by atoms with Gasteiger partial charge in [-0.2, -0.15) is 0 Å². The van der Waals surface area contributed by atoms with Crippen LogP contribution in [-0.4, -0.2) is 29.8 Å². The van der Waals surface area contributed by atoms with Crippen LogP contribution in [-0.2, 0) is 0 Å². The minimum absolute atomic E-state index is 0.0531. The highest BCUT2D eigenvalue weighted by atomic mass is 16.3. The Kier molecular flexibility index (Phi) is 5.45. The zero-order chi connectivity index (χ0) is 10.4. The van der Waals surface area contributed by atoms with Crippen LogP contribution in [0, 0.1) is 0 Å². The van der Waals surface area contributed by atoms with Crippen molar-refractivity contribution in [2.75, 3.05) is 6.54 Å². The lowest BCUT2D eigenvalue weighted by atomic mass is 9.92. The molecular weight excluding hydrogens is 176 g/mol. The van der Waals surface area contributed by atoms with E-state index in [2.05, 4.69) is 12.2 Å². The van der Waals surface area contributed by atoms with Crippen LogP contribution in [0.5, 0.6) is 0 Å². The number of nitrogens with one attached hydrogen (secondary N) is 1. The average Bonchev–Trinajstić information content (AvgIpc) is 2.20. The Bertz CT molecular complexity index is 144. The van der Waals surface area contributed by atoms with Crippen molar-refractivity contribution in [1.82, 2.24) is 5.32 Å². The van der Waals surface area contributed by atoms with Crippen LogP contribution in [0.25, 0.3) is 0 Å². The fraction of sp³-hybridized carbons (Fsp3) is 1.00. The highest BCUT2D eigenvalue weighted by molar-refractivity contribution is 4.79. The van der Waals surface area contributed by atoms with Gasteiger partial charge in [-0.1, -0.05) is 6.92 Å². The second kappa shape index (κ2) is 6.38. The van der Waals surface area contributed by atoms with Crippen molar-refractivity contribution in [2.24, 2.45) is 5.73 Å². The minimum atomic E-state index is -0.0531. The van der Waals surface area contributed by atoms with E-state index in [1.165, 1.54) is 0 Å². The molecule has 0 aromatic heterocycles. The predicted octanol–water partition coefficient (Wildman–Crippen LogP) is 1.01. The quantitative estimate of drug-likeness (QED) is 0.620. The van der Waals surface area contributed by atoms with Crippen molar-refractivity contribution in [2.45, 2.75) is 63.6 Å². The van der Waals surface area contributed by atoms with Gasteiger partial charge in [-0.15, -0.1) is 0 Å². The standard InChI is InChI=1S/C11H24N2O/c1-2-9(7-8-12)13-10-3-5-11(14)6-4-10/h9-11,13-14H,2-8,12H2,1H3. The maximum absolute atomic E-state index is 9.37. The van der Waals surface area contributed by atoms with Crippen LogP contribution in [0.4, 0.5) is 0 Å². The molecule has 1 rings (SSSR count). The fourth-order valence-electron chi connectivity index (χ4n) is 2.18. The molecule has 1 fully saturated rings. The summed E-state index contributed by atoms with van der Waals surface area (Å²) in [5.41, 5.74) is 5.55. The molecule has 1 aliphatic rings. The molecule has 0 aromatic rings. The van der Waals surface area contributed by atoms with E-state index in [4.69, 9.17) is 5.73 Å². The molecule has 3 nitrogen and oxygen atoms in total. The van der Waals surface area contributed by atoms with Crippen LogP contribution in [0.3, 0.4) is 0 Å². The van der Waals surface area contributed by atoms with Gasteiger partial charge >= 0.3 is 0 Å². The van der Waals surface area contributed by atoms with Crippen LogP contribution in [0.2, 0.25) is 0 Å². The molecule has 0 heterocycles. The maximum Gasteiger partial charge on any atom is 0.0541 e. The average molecular weight is 200 g/mol. The molecule has 1 aliphatic carbocycles. The summed E-state index contributed by atoms with van der Waals surface area (Å²) >= 11 is 0. The molecule has 0 spiro atoms. The monoisotopic (exact) mass is 200 g/mol. The molecule has 0 aliphatic heterocycles. The van der Waals surface area contributed by atoms with Crippen molar-refractivity contribution in [1.29, 1.82) is 0 Å². The largest absolute Gasteiger partial charge is 0.393 e. The Balaban J connectivity index is 2.21. The minimum Gasteiger partial charge on any atom is -0.393 e. The number of aliphatic hydroxyl groups is 1. The summed E-state index contributed by atoms with van der Waals surface area (Å²) in [4.78, 5) is 0. The van der Waals surface area contributed by atoms with E-state index in [1.807, 2.05) is 0 Å². The Morgan fingerprint density at radius 2 is 2.00 bits per heavy atom. The molecule has 0 aromatic carbocycles. The summed E-state index contributed by atoms with van der Waals surface area (Å²) in [6, 6.07) is 1.18. The SMILES string of the molecule is CCC(CCN)NC1CCC(O)CC1. The number of aliphatic hydroxyl groups excluding tert-OH is 1. The number of hydrogen-bond donors (Lipinski definition) is 3. The highest BCUT2D eigenvalue weighted by Crippen LogP contribution is 2.19. The van der Waals surface area contributed by atoms with E-state index >= 15 is 0 Å². The van der Waals surface area contributed by atoms with Crippen LogP contribution >= 0.6 is 0 Å². The molecule has 1 saturated carbocycles. The molecule has 0 bridgehead atoms. The lowest BCUT2D eigenvalue weighted by molar-refractivity contribution is 0.113. The highest BCUT2D eigenvalue weighted by Gasteiger charge is 2.20. The fourth-order valence-corrected chi connectivity index (χ4v) is 2.18. The summed E-state index contributed by atoms with van der Waals surface area (Å²) in [6.45, 7) is 2.96. The molecular formula is C11H24N2O. The normalized spacial score (nSPS) is 30.2. The number of rotatable bonds is 5. The van der Waals surface area contributed by atoms with Gasteiger partial charge in [0.1, 0.15) is 0 Å². The van der Waals surface area contributed by atoms with Gasteiger partial charge in [0.15, 0.2) is 0 Å². The van der Waals surface area contributed by atoms with Crippen LogP contribution in [0.1, 0.15) is 45.4 Å². The van der Waals surface area contributed by atoms with Crippen molar-refractivity contribution in [3.63, 3.8) is 0 Å². The maximum atomic E-state index is 9.37. The van der Waals surface area contributed by atoms with Gasteiger partial charge in [0.25, 0.3) is 0 Å². The first-order chi connectivity index (χ1) is 6.76. The van der Waals surface area contributed by atoms with E-state index in [0.717, 1.165) is 45.1 Å². The summed E-state index contributed by atoms with van der Waals surface area (Å²) in [5, 5.41) is 13.0. The van der Waals surface area contributed by atoms with E-state index < -0.39 is 0 Å². The van der Waals surface area contributed by atoms with Crippen molar-refractivity contribution in [3.05, 3.63) is 0 Å². The second-order valence-corrected chi connectivity index (χ2v) is 4.35. The molecule has 0 radical (unpaired) electrons. The van der Waals surface area contributed by atoms with E-state index in [0.29, 0.717) is 12.1 Å². The number of hydrogen-bond acceptors (Lipinski definition) is 3. The van der Waals surface area contributed by atoms with Gasteiger partial charge in [-0.25, -0.2) is 0 Å². The topological polar surface area (TPSA) is 58.3 Å². The molecule has 0 saturated heterocycles. The molecule has 3 heteroatoms. The third kappa shape index (κ3) is 3.95. The molecule has 0 amide bonds. The van der Waals surface area contributed by atoms with Gasteiger partial charge in [0.05, 0.1) is 6.10 Å². The molecule has 1 unspecified atom stereocenters. The van der Waals surface area contributed by atoms with Gasteiger partial charge in [0.2, 0.25) is 0 Å². The van der Waals surface area contributed by atoms with Crippen molar-refractivity contribution in [3.8, 4) is 0 Å². The lowest BCUT2D eigenvalue weighted by Crippen LogP contribution is -2.41. The number of nitrogens with two attached hydrogens (primary N) is 1. The zero-order valence-corrected chi connectivity index (χ0v) is 9.21. The van der Waals surface area contributed by atoms with Crippen LogP contribution < -0.4 is 11.1 Å². The van der Waals surface area contributed by atoms with E-state index in [9.17, 15) is 5.11 Å². The smallest absolute Gasteiger partial charge is 0.0541 e. The Labute approximate surface area is 87.1 Å². The summed E-state index contributed by atoms with van der Waals surface area (Å²) in [7, 11) is 0. The third-order valence-corrected chi connectivity index (χ3v) is 3.18. The first-order valence-electron chi connectivity index (χ1n) is 5.90. The second-order valence-electron chi connectivity index (χ2n) is 4.35. The molecule has 4 N–H and O–H groups in total. The van der Waals surface area contributed by atoms with Crippen molar-refractivity contribution >= 4 is 0 Å². The molecule has 84 valence electrons. The van der Waals surface area contributed by atoms with Gasteiger partial charge in [-0.3, -0.25) is 0 Å². The van der Waals surface area contributed by atoms with Crippen molar-refractivity contribution < 1.29 is 5.11 Å². The Morgan fingerprint density at radius 1 is 1.36 bits per heavy atom. The molecule has 14 heavy (non-hydrogen) atoms. The Hall–Kier alpha value is -0.120. The predicted molar refractivity (Wildman–Crippen MR) is 59.1 cm³/mol. The third-order valence-electron chi connectivity index (χ3n) is 3.18. The molecule has 1 atom stereocenters. The van der Waals surface area contributed by atoms with E-state index in [1.54, 1.807) is 0 Å². The van der Waals surface area contributed by atoms with E-state index in [-0.39, 0.29) is 6.10 Å².